The number of hydrogen-bond acceptors (Lipinski definition) is 4. The first-order valence-electron chi connectivity index (χ1n) is 9.71. The molecule has 0 saturated carbocycles. The molecule has 146 valence electrons. The van der Waals surface area contributed by atoms with E-state index in [-0.39, 0.29) is 5.91 Å². The molecule has 1 saturated heterocycles. The largest absolute Gasteiger partial charge is 0.390 e. The van der Waals surface area contributed by atoms with Crippen LogP contribution in [0.3, 0.4) is 0 Å². The van der Waals surface area contributed by atoms with Crippen LogP contribution in [0.1, 0.15) is 41.8 Å². The molecule has 0 spiro atoms. The van der Waals surface area contributed by atoms with Crippen molar-refractivity contribution >= 4 is 11.6 Å². The third-order valence-corrected chi connectivity index (χ3v) is 5.11. The maximum absolute atomic E-state index is 12.9. The number of piperazine rings is 1. The smallest absolute Gasteiger partial charge is 0.253 e. The lowest BCUT2D eigenvalue weighted by molar-refractivity contribution is 0.0714. The van der Waals surface area contributed by atoms with Gasteiger partial charge in [0.2, 0.25) is 0 Å². The molecule has 0 unspecified atom stereocenters. The summed E-state index contributed by atoms with van der Waals surface area (Å²) in [5.74, 6) is 0.0514. The molecule has 0 aliphatic carbocycles. The molecule has 0 aromatic heterocycles. The van der Waals surface area contributed by atoms with Crippen LogP contribution in [-0.2, 0) is 6.42 Å². The topological polar surface area (TPSA) is 67.6 Å². The highest BCUT2D eigenvalue weighted by molar-refractivity contribution is 5.94. The number of benzene rings is 2. The van der Waals surface area contributed by atoms with Gasteiger partial charge >= 0.3 is 0 Å². The second-order valence-electron chi connectivity index (χ2n) is 7.95. The van der Waals surface area contributed by atoms with E-state index in [2.05, 4.69) is 11.0 Å². The SMILES string of the molecule is CC(C)(O)CCc1cccc(C(=O)N2CCN(c3cccc(C#N)c3)CC2)c1. The summed E-state index contributed by atoms with van der Waals surface area (Å²) < 4.78 is 0. The summed E-state index contributed by atoms with van der Waals surface area (Å²) >= 11 is 0. The van der Waals surface area contributed by atoms with Crippen LogP contribution in [0.2, 0.25) is 0 Å². The van der Waals surface area contributed by atoms with Gasteiger partial charge in [0.25, 0.3) is 5.91 Å². The fourth-order valence-corrected chi connectivity index (χ4v) is 3.43. The second kappa shape index (κ2) is 8.45. The third kappa shape index (κ3) is 5.11. The van der Waals surface area contributed by atoms with Crippen LogP contribution < -0.4 is 4.90 Å². The number of nitrogens with zero attached hydrogens (tertiary/aromatic N) is 3. The van der Waals surface area contributed by atoms with E-state index in [1.807, 2.05) is 47.4 Å². The van der Waals surface area contributed by atoms with Crippen molar-refractivity contribution in [1.82, 2.24) is 4.90 Å². The predicted octanol–water partition coefficient (Wildman–Crippen LogP) is 3.22. The fraction of sp³-hybridized carbons (Fsp3) is 0.391. The highest BCUT2D eigenvalue weighted by Gasteiger charge is 2.23. The summed E-state index contributed by atoms with van der Waals surface area (Å²) in [6, 6.07) is 17.5. The Bertz CT molecular complexity index is 872. The molecule has 2 aromatic carbocycles. The van der Waals surface area contributed by atoms with Crippen molar-refractivity contribution < 1.29 is 9.90 Å². The van der Waals surface area contributed by atoms with E-state index >= 15 is 0 Å². The molecule has 0 radical (unpaired) electrons. The standard InChI is InChI=1S/C23H27N3O2/c1-23(2,28)10-9-18-5-3-7-20(15-18)22(27)26-13-11-25(12-14-26)21-8-4-6-19(16-21)17-24/h3-8,15-16,28H,9-14H2,1-2H3. The van der Waals surface area contributed by atoms with E-state index in [9.17, 15) is 9.90 Å². The average Bonchev–Trinajstić information content (AvgIpc) is 2.71. The Morgan fingerprint density at radius 3 is 2.50 bits per heavy atom. The first-order valence-corrected chi connectivity index (χ1v) is 9.71. The molecule has 1 heterocycles. The molecule has 5 nitrogen and oxygen atoms in total. The summed E-state index contributed by atoms with van der Waals surface area (Å²) in [5, 5.41) is 19.0. The first kappa shape index (κ1) is 19.9. The number of hydrogen-bond donors (Lipinski definition) is 1. The lowest BCUT2D eigenvalue weighted by Gasteiger charge is -2.36. The van der Waals surface area contributed by atoms with Gasteiger partial charge in [-0.2, -0.15) is 5.26 Å². The molecule has 1 fully saturated rings. The Balaban J connectivity index is 1.61. The van der Waals surface area contributed by atoms with Crippen LogP contribution in [0.5, 0.6) is 0 Å². The summed E-state index contributed by atoms with van der Waals surface area (Å²) in [7, 11) is 0. The Labute approximate surface area is 166 Å². The Hall–Kier alpha value is -2.84. The number of amides is 1. The van der Waals surface area contributed by atoms with Gasteiger partial charge in [-0.1, -0.05) is 18.2 Å². The molecular formula is C23H27N3O2. The minimum absolute atomic E-state index is 0.0514. The van der Waals surface area contributed by atoms with Crippen molar-refractivity contribution in [3.8, 4) is 6.07 Å². The lowest BCUT2D eigenvalue weighted by Crippen LogP contribution is -2.48. The molecule has 3 rings (SSSR count). The van der Waals surface area contributed by atoms with Gasteiger partial charge in [-0.05, 0) is 62.6 Å². The van der Waals surface area contributed by atoms with Crippen molar-refractivity contribution in [2.24, 2.45) is 0 Å². The summed E-state index contributed by atoms with van der Waals surface area (Å²) in [5.41, 5.74) is 2.74. The quantitative estimate of drug-likeness (QED) is 0.869. The van der Waals surface area contributed by atoms with Gasteiger partial charge in [0.05, 0.1) is 17.2 Å². The van der Waals surface area contributed by atoms with Gasteiger partial charge in [-0.3, -0.25) is 4.79 Å². The predicted molar refractivity (Wildman–Crippen MR) is 110 cm³/mol. The van der Waals surface area contributed by atoms with Gasteiger partial charge in [0.15, 0.2) is 0 Å². The number of anilines is 1. The molecule has 0 bridgehead atoms. The monoisotopic (exact) mass is 377 g/mol. The number of nitriles is 1. The Morgan fingerprint density at radius 2 is 1.82 bits per heavy atom. The molecule has 28 heavy (non-hydrogen) atoms. The summed E-state index contributed by atoms with van der Waals surface area (Å²) in [4.78, 5) is 17.0. The number of aryl methyl sites for hydroxylation is 1. The molecule has 2 aromatic rings. The maximum atomic E-state index is 12.9. The van der Waals surface area contributed by atoms with Crippen molar-refractivity contribution in [1.29, 1.82) is 5.26 Å². The van der Waals surface area contributed by atoms with Crippen molar-refractivity contribution in [2.75, 3.05) is 31.1 Å². The maximum Gasteiger partial charge on any atom is 0.253 e. The zero-order chi connectivity index (χ0) is 20.1. The number of carbonyl (C=O) groups excluding carboxylic acids is 1. The van der Waals surface area contributed by atoms with Crippen LogP contribution in [0.4, 0.5) is 5.69 Å². The van der Waals surface area contributed by atoms with E-state index in [0.717, 1.165) is 30.8 Å². The van der Waals surface area contributed by atoms with Crippen LogP contribution >= 0.6 is 0 Å². The second-order valence-corrected chi connectivity index (χ2v) is 7.95. The van der Waals surface area contributed by atoms with Crippen molar-refractivity contribution in [3.63, 3.8) is 0 Å². The van der Waals surface area contributed by atoms with Crippen LogP contribution in [0, 0.1) is 11.3 Å². The lowest BCUT2D eigenvalue weighted by atomic mass is 9.97. The normalized spacial score (nSPS) is 14.6. The molecule has 0 atom stereocenters. The summed E-state index contributed by atoms with van der Waals surface area (Å²) in [6.45, 7) is 6.41. The van der Waals surface area contributed by atoms with Crippen molar-refractivity contribution in [3.05, 3.63) is 65.2 Å². The first-order chi connectivity index (χ1) is 13.4. The van der Waals surface area contributed by atoms with E-state index in [0.29, 0.717) is 30.6 Å². The Kier molecular flexibility index (Phi) is 6.01. The van der Waals surface area contributed by atoms with E-state index in [4.69, 9.17) is 5.26 Å². The fourth-order valence-electron chi connectivity index (χ4n) is 3.43. The van der Waals surface area contributed by atoms with Crippen molar-refractivity contribution in [2.45, 2.75) is 32.3 Å². The minimum atomic E-state index is -0.709. The molecule has 5 heteroatoms. The van der Waals surface area contributed by atoms with Gasteiger partial charge < -0.3 is 14.9 Å². The Morgan fingerprint density at radius 1 is 1.11 bits per heavy atom. The number of rotatable bonds is 5. The van der Waals surface area contributed by atoms with Crippen LogP contribution in [0.15, 0.2) is 48.5 Å². The zero-order valence-corrected chi connectivity index (χ0v) is 16.6. The van der Waals surface area contributed by atoms with Gasteiger partial charge in [-0.25, -0.2) is 0 Å². The molecular weight excluding hydrogens is 350 g/mol. The third-order valence-electron chi connectivity index (χ3n) is 5.11. The summed E-state index contributed by atoms with van der Waals surface area (Å²) in [6.07, 6.45) is 1.40. The van der Waals surface area contributed by atoms with Crippen LogP contribution in [-0.4, -0.2) is 47.7 Å². The van der Waals surface area contributed by atoms with Gasteiger partial charge in [0, 0.05) is 37.4 Å². The van der Waals surface area contributed by atoms with E-state index < -0.39 is 5.60 Å². The molecule has 1 N–H and O–H groups in total. The molecule has 1 aliphatic rings. The van der Waals surface area contributed by atoms with Gasteiger partial charge in [-0.15, -0.1) is 0 Å². The molecule has 1 aliphatic heterocycles. The highest BCUT2D eigenvalue weighted by Crippen LogP contribution is 2.20. The molecule has 1 amide bonds. The van der Waals surface area contributed by atoms with Crippen LogP contribution in [0.25, 0.3) is 0 Å². The minimum Gasteiger partial charge on any atom is -0.390 e. The zero-order valence-electron chi connectivity index (χ0n) is 16.6. The van der Waals surface area contributed by atoms with Gasteiger partial charge in [0.1, 0.15) is 0 Å². The number of aliphatic hydroxyl groups is 1. The average molecular weight is 377 g/mol. The van der Waals surface area contributed by atoms with E-state index in [1.165, 1.54) is 0 Å². The number of carbonyl (C=O) groups is 1. The highest BCUT2D eigenvalue weighted by atomic mass is 16.3. The van der Waals surface area contributed by atoms with E-state index in [1.54, 1.807) is 19.9 Å².